The van der Waals surface area contributed by atoms with Gasteiger partial charge in [-0.05, 0) is 37.0 Å². The number of hydrogen-bond acceptors (Lipinski definition) is 7. The number of esters is 2. The topological polar surface area (TPSA) is 110 Å². The number of aliphatic hydroxyl groups excluding tert-OH is 1. The number of carbonyl (C=O) groups is 3. The summed E-state index contributed by atoms with van der Waals surface area (Å²) in [4.78, 5) is 37.1. The summed E-state index contributed by atoms with van der Waals surface area (Å²) < 4.78 is 11.2. The van der Waals surface area contributed by atoms with Crippen molar-refractivity contribution in [3.8, 4) is 0 Å². The van der Waals surface area contributed by atoms with Crippen LogP contribution in [-0.4, -0.2) is 52.4 Å². The van der Waals surface area contributed by atoms with E-state index in [9.17, 15) is 24.6 Å². The summed E-state index contributed by atoms with van der Waals surface area (Å²) in [5, 5.41) is 22.7. The predicted molar refractivity (Wildman–Crippen MR) is 111 cm³/mol. The average molecular weight is 435 g/mol. The Morgan fingerprint density at radius 2 is 1.87 bits per heavy atom. The zero-order valence-corrected chi connectivity index (χ0v) is 18.9. The fourth-order valence-corrected chi connectivity index (χ4v) is 8.02. The van der Waals surface area contributed by atoms with Crippen LogP contribution >= 0.6 is 0 Å². The van der Waals surface area contributed by atoms with Gasteiger partial charge < -0.3 is 19.7 Å². The van der Waals surface area contributed by atoms with Crippen molar-refractivity contribution in [3.05, 3.63) is 12.2 Å². The van der Waals surface area contributed by atoms with Crippen LogP contribution in [0.25, 0.3) is 0 Å². The Morgan fingerprint density at radius 1 is 1.19 bits per heavy atom. The van der Waals surface area contributed by atoms with Crippen LogP contribution < -0.4 is 0 Å². The second kappa shape index (κ2) is 6.88. The van der Waals surface area contributed by atoms with Crippen LogP contribution in [0.1, 0.15) is 66.2 Å². The molecule has 0 radical (unpaired) electrons. The van der Waals surface area contributed by atoms with Gasteiger partial charge in [0.05, 0.1) is 23.7 Å². The summed E-state index contributed by atoms with van der Waals surface area (Å²) >= 11 is 0. The molecule has 0 aromatic rings. The molecule has 172 valence electrons. The Morgan fingerprint density at radius 3 is 2.48 bits per heavy atom. The Hall–Kier alpha value is -1.73. The van der Waals surface area contributed by atoms with Crippen LogP contribution in [-0.2, 0) is 23.9 Å². The van der Waals surface area contributed by atoms with Crippen molar-refractivity contribution < 1.29 is 34.1 Å². The molecule has 0 aromatic carbocycles. The third-order valence-electron chi connectivity index (χ3n) is 9.10. The van der Waals surface area contributed by atoms with Crippen LogP contribution in [0, 0.1) is 28.1 Å². The summed E-state index contributed by atoms with van der Waals surface area (Å²) in [6.07, 6.45) is 1.42. The highest BCUT2D eigenvalue weighted by Crippen LogP contribution is 2.72. The van der Waals surface area contributed by atoms with Gasteiger partial charge in [-0.3, -0.25) is 14.4 Å². The van der Waals surface area contributed by atoms with Gasteiger partial charge in [-0.25, -0.2) is 0 Å². The normalized spacial score (nSPS) is 48.6. The average Bonchev–Trinajstić information content (AvgIpc) is 2.80. The van der Waals surface area contributed by atoms with E-state index in [4.69, 9.17) is 9.47 Å². The number of rotatable bonds is 3. The van der Waals surface area contributed by atoms with Gasteiger partial charge in [0.2, 0.25) is 0 Å². The maximum Gasteiger partial charge on any atom is 0.302 e. The molecule has 0 heterocycles. The first-order chi connectivity index (χ1) is 14.3. The van der Waals surface area contributed by atoms with Gasteiger partial charge in [0, 0.05) is 37.2 Å². The Labute approximate surface area is 183 Å². The van der Waals surface area contributed by atoms with E-state index in [0.29, 0.717) is 6.42 Å². The van der Waals surface area contributed by atoms with Gasteiger partial charge in [0.15, 0.2) is 5.78 Å². The van der Waals surface area contributed by atoms with E-state index < -0.39 is 40.5 Å². The molecule has 31 heavy (non-hydrogen) atoms. The molecule has 0 amide bonds. The van der Waals surface area contributed by atoms with Gasteiger partial charge in [0.25, 0.3) is 0 Å². The lowest BCUT2D eigenvalue weighted by molar-refractivity contribution is -0.246. The summed E-state index contributed by atoms with van der Waals surface area (Å²) in [6.45, 7) is 11.0. The molecule has 7 nitrogen and oxygen atoms in total. The van der Waals surface area contributed by atoms with Crippen molar-refractivity contribution in [2.24, 2.45) is 28.1 Å². The third kappa shape index (κ3) is 2.95. The predicted octanol–water partition coefficient (Wildman–Crippen LogP) is 2.32. The van der Waals surface area contributed by atoms with Crippen molar-refractivity contribution in [3.63, 3.8) is 0 Å². The van der Waals surface area contributed by atoms with E-state index in [0.717, 1.165) is 19.3 Å². The molecular formula is C24H34O7. The fraction of sp³-hybridized carbons (Fsp3) is 0.792. The second-order valence-corrected chi connectivity index (χ2v) is 11.0. The highest BCUT2D eigenvalue weighted by atomic mass is 16.5. The van der Waals surface area contributed by atoms with Gasteiger partial charge >= 0.3 is 11.9 Å². The molecule has 7 heteroatoms. The minimum absolute atomic E-state index is 0.0374. The van der Waals surface area contributed by atoms with E-state index in [1.165, 1.54) is 13.8 Å². The third-order valence-corrected chi connectivity index (χ3v) is 9.10. The smallest absolute Gasteiger partial charge is 0.302 e. The Bertz CT molecular complexity index is 851. The zero-order valence-electron chi connectivity index (χ0n) is 18.9. The number of Topliss-reactive ketones (excluding diaryl/α,β-unsaturated/α-hetero) is 1. The molecule has 0 aromatic heterocycles. The van der Waals surface area contributed by atoms with E-state index in [-0.39, 0.29) is 48.1 Å². The van der Waals surface area contributed by atoms with E-state index in [1.54, 1.807) is 0 Å². The number of ether oxygens (including phenoxy) is 2. The number of aliphatic hydroxyl groups is 2. The highest BCUT2D eigenvalue weighted by Gasteiger charge is 2.76. The van der Waals surface area contributed by atoms with Gasteiger partial charge in [0.1, 0.15) is 6.10 Å². The van der Waals surface area contributed by atoms with Crippen molar-refractivity contribution in [1.29, 1.82) is 0 Å². The molecule has 2 N–H and O–H groups in total. The van der Waals surface area contributed by atoms with E-state index >= 15 is 0 Å². The molecule has 0 unspecified atom stereocenters. The van der Waals surface area contributed by atoms with Crippen molar-refractivity contribution in [1.82, 2.24) is 0 Å². The quantitative estimate of drug-likeness (QED) is 0.518. The second-order valence-electron chi connectivity index (χ2n) is 11.0. The largest absolute Gasteiger partial charge is 0.465 e. The minimum Gasteiger partial charge on any atom is -0.465 e. The number of ketones is 1. The van der Waals surface area contributed by atoms with Crippen molar-refractivity contribution in [2.75, 3.05) is 6.61 Å². The lowest BCUT2D eigenvalue weighted by atomic mass is 9.39. The number of hydrogen-bond donors (Lipinski definition) is 2. The summed E-state index contributed by atoms with van der Waals surface area (Å²) in [6, 6.07) is 0. The summed E-state index contributed by atoms with van der Waals surface area (Å²) in [7, 11) is 0. The molecule has 2 bridgehead atoms. The van der Waals surface area contributed by atoms with Crippen molar-refractivity contribution >= 4 is 17.7 Å². The summed E-state index contributed by atoms with van der Waals surface area (Å²) in [5.41, 5.74) is -3.36. The first-order valence-corrected chi connectivity index (χ1v) is 11.3. The fourth-order valence-electron chi connectivity index (χ4n) is 8.02. The zero-order chi connectivity index (χ0) is 23.0. The standard InChI is InChI=1S/C24H34O7/c1-13-20(28)24-11-23(13,29)10-16(31-15(3)26)19(24)22(5)8-6-7-21(4,12-30-14(2)25)17(22)9-18(24)27/h16-19,27,29H,1,6-12H2,2-5H3/t16-,17-,18+,19+,21+,22-,23-,24+/m0/s1. The molecule has 4 aliphatic rings. The molecule has 4 aliphatic carbocycles. The molecule has 8 atom stereocenters. The molecule has 4 fully saturated rings. The van der Waals surface area contributed by atoms with Gasteiger partial charge in [-0.1, -0.05) is 26.8 Å². The maximum atomic E-state index is 13.6. The van der Waals surface area contributed by atoms with Crippen LogP contribution in [0.5, 0.6) is 0 Å². The molecule has 4 saturated carbocycles. The lowest BCUT2D eigenvalue weighted by Crippen LogP contribution is -2.68. The van der Waals surface area contributed by atoms with Crippen molar-refractivity contribution in [2.45, 2.75) is 84.0 Å². The first-order valence-electron chi connectivity index (χ1n) is 11.3. The highest BCUT2D eigenvalue weighted by molar-refractivity contribution is 6.05. The van der Waals surface area contributed by atoms with Gasteiger partial charge in [-0.2, -0.15) is 0 Å². The van der Waals surface area contributed by atoms with Crippen LogP contribution in [0.4, 0.5) is 0 Å². The SMILES string of the molecule is C=C1C(=O)[C@@]23C[C@@]1(O)C[C@H](OC(C)=O)[C@@H]2[C@@]1(C)CCC[C@](C)(COC(C)=O)[C@@H]1C[C@H]3O. The van der Waals surface area contributed by atoms with Crippen LogP contribution in [0.3, 0.4) is 0 Å². The van der Waals surface area contributed by atoms with Crippen LogP contribution in [0.2, 0.25) is 0 Å². The van der Waals surface area contributed by atoms with E-state index in [2.05, 4.69) is 20.4 Å². The molecule has 4 rings (SSSR count). The Balaban J connectivity index is 1.84. The van der Waals surface area contributed by atoms with E-state index in [1.807, 2.05) is 0 Å². The lowest BCUT2D eigenvalue weighted by Gasteiger charge is -2.66. The number of carbonyl (C=O) groups excluding carboxylic acids is 3. The number of fused-ring (bicyclic) bond motifs is 3. The molecule has 0 saturated heterocycles. The Kier molecular flexibility index (Phi) is 4.99. The first kappa shape index (κ1) is 22.5. The molecule has 1 spiro atoms. The monoisotopic (exact) mass is 434 g/mol. The maximum absolute atomic E-state index is 13.6. The van der Waals surface area contributed by atoms with Gasteiger partial charge in [-0.15, -0.1) is 0 Å². The molecular weight excluding hydrogens is 400 g/mol. The minimum atomic E-state index is -1.46. The summed E-state index contributed by atoms with van der Waals surface area (Å²) in [5.74, 6) is -1.59. The molecule has 0 aliphatic heterocycles. The van der Waals surface area contributed by atoms with Crippen LogP contribution in [0.15, 0.2) is 12.2 Å².